The highest BCUT2D eigenvalue weighted by molar-refractivity contribution is 6.31. The number of phenols is 1. The molecule has 0 aromatic heterocycles. The summed E-state index contributed by atoms with van der Waals surface area (Å²) in [5.74, 6) is -0.393. The van der Waals surface area contributed by atoms with E-state index in [0.717, 1.165) is 16.7 Å². The van der Waals surface area contributed by atoms with E-state index in [2.05, 4.69) is 5.32 Å². The van der Waals surface area contributed by atoms with Gasteiger partial charge in [-0.2, -0.15) is 0 Å². The van der Waals surface area contributed by atoms with E-state index in [4.69, 9.17) is 11.6 Å². The average molecular weight is 394 g/mol. The van der Waals surface area contributed by atoms with Crippen LogP contribution in [-0.2, 0) is 17.6 Å². The van der Waals surface area contributed by atoms with E-state index in [9.17, 15) is 14.7 Å². The number of benzene rings is 3. The van der Waals surface area contributed by atoms with E-state index >= 15 is 0 Å². The molecule has 3 aromatic carbocycles. The number of phenolic OH excluding ortho intramolecular Hbond substituents is 1. The lowest BCUT2D eigenvalue weighted by Gasteiger charge is -2.09. The van der Waals surface area contributed by atoms with Crippen molar-refractivity contribution in [3.8, 4) is 5.75 Å². The number of nitrogens with one attached hydrogen (secondary N) is 1. The number of halogens is 1. The number of para-hydroxylation sites is 1. The molecule has 0 fully saturated rings. The topological polar surface area (TPSA) is 66.4 Å². The minimum atomic E-state index is -0.392. The summed E-state index contributed by atoms with van der Waals surface area (Å²) in [5.41, 5.74) is 3.52. The Morgan fingerprint density at radius 3 is 2.32 bits per heavy atom. The lowest BCUT2D eigenvalue weighted by Crippen LogP contribution is -2.12. The number of hydrogen-bond acceptors (Lipinski definition) is 3. The van der Waals surface area contributed by atoms with Crippen LogP contribution in [0, 0.1) is 6.92 Å². The Morgan fingerprint density at radius 2 is 1.64 bits per heavy atom. The molecule has 0 saturated carbocycles. The second kappa shape index (κ2) is 8.72. The van der Waals surface area contributed by atoms with Crippen molar-refractivity contribution in [2.24, 2.45) is 0 Å². The molecule has 0 atom stereocenters. The fraction of sp³-hybridized carbons (Fsp3) is 0.130. The molecule has 0 unspecified atom stereocenters. The SMILES string of the molecule is Cc1cccc(Cl)c1CC(=O)Cc1ccc(NC(=O)c2ccccc2O)cc1. The zero-order chi connectivity index (χ0) is 20.1. The molecule has 0 spiro atoms. The van der Waals surface area contributed by atoms with Gasteiger partial charge in [0, 0.05) is 23.6 Å². The van der Waals surface area contributed by atoms with Crippen molar-refractivity contribution in [3.63, 3.8) is 0 Å². The molecule has 2 N–H and O–H groups in total. The van der Waals surface area contributed by atoms with Crippen molar-refractivity contribution in [1.82, 2.24) is 0 Å². The molecule has 0 aliphatic carbocycles. The van der Waals surface area contributed by atoms with Gasteiger partial charge in [0.2, 0.25) is 0 Å². The van der Waals surface area contributed by atoms with Gasteiger partial charge in [-0.15, -0.1) is 0 Å². The molecule has 0 aliphatic rings. The molecular weight excluding hydrogens is 374 g/mol. The first-order valence-corrected chi connectivity index (χ1v) is 9.26. The molecule has 3 aromatic rings. The van der Waals surface area contributed by atoms with E-state index < -0.39 is 5.91 Å². The number of rotatable bonds is 6. The van der Waals surface area contributed by atoms with Gasteiger partial charge in [-0.3, -0.25) is 9.59 Å². The molecule has 1 amide bonds. The van der Waals surface area contributed by atoms with Crippen LogP contribution in [-0.4, -0.2) is 16.8 Å². The number of Topliss-reactive ketones (excluding diaryl/α,β-unsaturated/α-hetero) is 1. The van der Waals surface area contributed by atoms with Crippen molar-refractivity contribution >= 4 is 29.0 Å². The van der Waals surface area contributed by atoms with E-state index in [1.54, 1.807) is 48.5 Å². The largest absolute Gasteiger partial charge is 0.507 e. The Labute approximate surface area is 168 Å². The summed E-state index contributed by atoms with van der Waals surface area (Å²) >= 11 is 6.20. The van der Waals surface area contributed by atoms with Crippen molar-refractivity contribution in [3.05, 3.63) is 94.0 Å². The number of aryl methyl sites for hydroxylation is 1. The van der Waals surface area contributed by atoms with Crippen molar-refractivity contribution < 1.29 is 14.7 Å². The van der Waals surface area contributed by atoms with Crippen molar-refractivity contribution in [2.75, 3.05) is 5.32 Å². The number of ketones is 1. The van der Waals surface area contributed by atoms with Crippen LogP contribution < -0.4 is 5.32 Å². The monoisotopic (exact) mass is 393 g/mol. The molecule has 4 nitrogen and oxygen atoms in total. The third-order valence-corrected chi connectivity index (χ3v) is 4.84. The minimum absolute atomic E-state index is 0.0715. The molecule has 3 rings (SSSR count). The Bertz CT molecular complexity index is 992. The number of carbonyl (C=O) groups excluding carboxylic acids is 2. The molecule has 0 heterocycles. The van der Waals surface area contributed by atoms with Gasteiger partial charge in [-0.1, -0.05) is 48.0 Å². The quantitative estimate of drug-likeness (QED) is 0.622. The second-order valence-corrected chi connectivity index (χ2v) is 7.00. The Balaban J connectivity index is 1.62. The Hall–Kier alpha value is -3.11. The maximum absolute atomic E-state index is 12.4. The van der Waals surface area contributed by atoms with Crippen LogP contribution in [0.4, 0.5) is 5.69 Å². The predicted molar refractivity (Wildman–Crippen MR) is 111 cm³/mol. The van der Waals surface area contributed by atoms with Crippen LogP contribution in [0.1, 0.15) is 27.0 Å². The van der Waals surface area contributed by atoms with E-state index in [1.165, 1.54) is 6.07 Å². The van der Waals surface area contributed by atoms with Gasteiger partial charge in [0.05, 0.1) is 5.56 Å². The highest BCUT2D eigenvalue weighted by Crippen LogP contribution is 2.21. The number of amides is 1. The Morgan fingerprint density at radius 1 is 0.929 bits per heavy atom. The summed E-state index contributed by atoms with van der Waals surface area (Å²) < 4.78 is 0. The van der Waals surface area contributed by atoms with Crippen LogP contribution in [0.25, 0.3) is 0 Å². The first-order valence-electron chi connectivity index (χ1n) is 8.88. The molecule has 0 bridgehead atoms. The van der Waals surface area contributed by atoms with Crippen LogP contribution in [0.5, 0.6) is 5.75 Å². The maximum atomic E-state index is 12.4. The molecule has 0 radical (unpaired) electrons. The zero-order valence-electron chi connectivity index (χ0n) is 15.4. The number of hydrogen-bond donors (Lipinski definition) is 2. The summed E-state index contributed by atoms with van der Waals surface area (Å²) in [5, 5.41) is 13.1. The molecule has 0 saturated heterocycles. The van der Waals surface area contributed by atoms with Gasteiger partial charge >= 0.3 is 0 Å². The van der Waals surface area contributed by atoms with Gasteiger partial charge in [-0.05, 0) is 53.9 Å². The molecular formula is C23H20ClNO3. The van der Waals surface area contributed by atoms with Crippen LogP contribution in [0.2, 0.25) is 5.02 Å². The fourth-order valence-electron chi connectivity index (χ4n) is 2.95. The first-order chi connectivity index (χ1) is 13.4. The molecule has 5 heteroatoms. The summed E-state index contributed by atoms with van der Waals surface area (Å²) in [6.07, 6.45) is 0.579. The maximum Gasteiger partial charge on any atom is 0.259 e. The summed E-state index contributed by atoms with van der Waals surface area (Å²) in [6.45, 7) is 1.94. The first kappa shape index (κ1) is 19.6. The van der Waals surface area contributed by atoms with Gasteiger partial charge < -0.3 is 10.4 Å². The highest BCUT2D eigenvalue weighted by atomic mass is 35.5. The molecule has 28 heavy (non-hydrogen) atoms. The van der Waals surface area contributed by atoms with E-state index in [-0.39, 0.29) is 23.5 Å². The predicted octanol–water partition coefficient (Wildman–Crippen LogP) is 4.96. The third-order valence-electron chi connectivity index (χ3n) is 4.49. The summed E-state index contributed by atoms with van der Waals surface area (Å²) in [7, 11) is 0. The third kappa shape index (κ3) is 4.78. The number of anilines is 1. The lowest BCUT2D eigenvalue weighted by molar-refractivity contribution is -0.117. The molecule has 142 valence electrons. The lowest BCUT2D eigenvalue weighted by atomic mass is 9.99. The van der Waals surface area contributed by atoms with Crippen LogP contribution in [0.3, 0.4) is 0 Å². The van der Waals surface area contributed by atoms with Gasteiger partial charge in [0.1, 0.15) is 11.5 Å². The Kier molecular flexibility index (Phi) is 6.12. The number of aromatic hydroxyl groups is 1. The van der Waals surface area contributed by atoms with Crippen LogP contribution in [0.15, 0.2) is 66.7 Å². The molecule has 0 aliphatic heterocycles. The minimum Gasteiger partial charge on any atom is -0.507 e. The average Bonchev–Trinajstić information content (AvgIpc) is 2.67. The standard InChI is InChI=1S/C23H20ClNO3/c1-15-5-4-7-21(24)20(15)14-18(26)13-16-9-11-17(12-10-16)25-23(28)19-6-2-3-8-22(19)27/h2-12,27H,13-14H2,1H3,(H,25,28). The van der Waals surface area contributed by atoms with E-state index in [0.29, 0.717) is 17.1 Å². The summed E-state index contributed by atoms with van der Waals surface area (Å²) in [6, 6.07) is 19.0. The van der Waals surface area contributed by atoms with E-state index in [1.807, 2.05) is 19.1 Å². The highest BCUT2D eigenvalue weighted by Gasteiger charge is 2.12. The normalized spacial score (nSPS) is 10.5. The summed E-state index contributed by atoms with van der Waals surface area (Å²) in [4.78, 5) is 24.6. The van der Waals surface area contributed by atoms with Crippen molar-refractivity contribution in [1.29, 1.82) is 0 Å². The zero-order valence-corrected chi connectivity index (χ0v) is 16.2. The smallest absolute Gasteiger partial charge is 0.259 e. The number of carbonyl (C=O) groups is 2. The van der Waals surface area contributed by atoms with Gasteiger partial charge in [0.25, 0.3) is 5.91 Å². The van der Waals surface area contributed by atoms with Crippen LogP contribution >= 0.6 is 11.6 Å². The van der Waals surface area contributed by atoms with Crippen molar-refractivity contribution in [2.45, 2.75) is 19.8 Å². The van der Waals surface area contributed by atoms with Gasteiger partial charge in [-0.25, -0.2) is 0 Å². The second-order valence-electron chi connectivity index (χ2n) is 6.60. The fourth-order valence-corrected chi connectivity index (χ4v) is 3.24. The van der Waals surface area contributed by atoms with Gasteiger partial charge in [0.15, 0.2) is 0 Å².